The van der Waals surface area contributed by atoms with Crippen molar-refractivity contribution in [2.75, 3.05) is 5.73 Å². The molecule has 5 heteroatoms. The summed E-state index contributed by atoms with van der Waals surface area (Å²) in [5.41, 5.74) is 9.46. The number of nitrogen functional groups attached to an aromatic ring is 1. The summed E-state index contributed by atoms with van der Waals surface area (Å²) < 4.78 is 1.86. The number of nitrogens with zero attached hydrogens (tertiary/aromatic N) is 4. The van der Waals surface area contributed by atoms with E-state index >= 15 is 0 Å². The molecular formula is C15H11N5. The number of fused-ring (bicyclic) bond motifs is 2. The molecule has 96 valence electrons. The second-order valence-corrected chi connectivity index (χ2v) is 4.50. The summed E-state index contributed by atoms with van der Waals surface area (Å²) in [6.45, 7) is 0. The van der Waals surface area contributed by atoms with E-state index in [0.29, 0.717) is 5.95 Å². The maximum Gasteiger partial charge on any atom is 0.207 e. The van der Waals surface area contributed by atoms with Crippen molar-refractivity contribution in [1.29, 1.82) is 0 Å². The molecular weight excluding hydrogens is 250 g/mol. The first-order valence-corrected chi connectivity index (χ1v) is 6.28. The van der Waals surface area contributed by atoms with Gasteiger partial charge in [-0.05, 0) is 36.4 Å². The van der Waals surface area contributed by atoms with Crippen molar-refractivity contribution >= 4 is 28.0 Å². The Labute approximate surface area is 114 Å². The van der Waals surface area contributed by atoms with E-state index in [0.717, 1.165) is 27.8 Å². The van der Waals surface area contributed by atoms with Crippen molar-refractivity contribution in [2.45, 2.75) is 0 Å². The summed E-state index contributed by atoms with van der Waals surface area (Å²) in [5.74, 6) is 0.426. The fourth-order valence-electron chi connectivity index (χ4n) is 2.45. The predicted octanol–water partition coefficient (Wildman–Crippen LogP) is 2.55. The molecule has 3 aromatic heterocycles. The number of hydrogen-bond donors (Lipinski definition) is 1. The predicted molar refractivity (Wildman–Crippen MR) is 78.6 cm³/mol. The quantitative estimate of drug-likeness (QED) is 0.571. The van der Waals surface area contributed by atoms with Crippen molar-refractivity contribution in [2.24, 2.45) is 0 Å². The molecule has 5 nitrogen and oxygen atoms in total. The molecule has 4 aromatic rings. The molecule has 0 radical (unpaired) electrons. The molecule has 0 atom stereocenters. The van der Waals surface area contributed by atoms with Gasteiger partial charge in [0.2, 0.25) is 5.95 Å². The number of imidazole rings is 1. The van der Waals surface area contributed by atoms with Crippen molar-refractivity contribution in [3.63, 3.8) is 0 Å². The molecule has 0 aliphatic rings. The van der Waals surface area contributed by atoms with Crippen LogP contribution in [0.25, 0.3) is 27.8 Å². The van der Waals surface area contributed by atoms with Crippen molar-refractivity contribution in [3.8, 4) is 5.69 Å². The minimum atomic E-state index is 0.426. The van der Waals surface area contributed by atoms with Gasteiger partial charge in [0.1, 0.15) is 5.52 Å². The van der Waals surface area contributed by atoms with Gasteiger partial charge in [-0.15, -0.1) is 0 Å². The van der Waals surface area contributed by atoms with Gasteiger partial charge < -0.3 is 5.73 Å². The summed E-state index contributed by atoms with van der Waals surface area (Å²) >= 11 is 0. The van der Waals surface area contributed by atoms with Crippen LogP contribution in [0.3, 0.4) is 0 Å². The van der Waals surface area contributed by atoms with Crippen molar-refractivity contribution in [3.05, 3.63) is 54.9 Å². The second-order valence-electron chi connectivity index (χ2n) is 4.50. The Morgan fingerprint density at radius 3 is 2.60 bits per heavy atom. The highest BCUT2D eigenvalue weighted by atomic mass is 15.2. The normalized spacial score (nSPS) is 11.2. The van der Waals surface area contributed by atoms with Crippen LogP contribution in [0.5, 0.6) is 0 Å². The van der Waals surface area contributed by atoms with Crippen molar-refractivity contribution < 1.29 is 0 Å². The average molecular weight is 261 g/mol. The summed E-state index contributed by atoms with van der Waals surface area (Å²) in [5, 5.41) is 1.02. The molecule has 0 aliphatic carbocycles. The highest BCUT2D eigenvalue weighted by Gasteiger charge is 2.12. The van der Waals surface area contributed by atoms with Gasteiger partial charge in [0.05, 0.1) is 11.2 Å². The zero-order chi connectivity index (χ0) is 13.5. The lowest BCUT2D eigenvalue weighted by Gasteiger charge is -2.09. The molecule has 0 unspecified atom stereocenters. The molecule has 0 fully saturated rings. The van der Waals surface area contributed by atoms with E-state index in [1.165, 1.54) is 0 Å². The molecule has 20 heavy (non-hydrogen) atoms. The van der Waals surface area contributed by atoms with Gasteiger partial charge in [0, 0.05) is 17.8 Å². The molecule has 3 heterocycles. The third-order valence-electron chi connectivity index (χ3n) is 3.31. The van der Waals surface area contributed by atoms with Crippen LogP contribution in [0, 0.1) is 0 Å². The minimum absolute atomic E-state index is 0.426. The van der Waals surface area contributed by atoms with Gasteiger partial charge in [0.25, 0.3) is 0 Å². The molecule has 2 N–H and O–H groups in total. The summed E-state index contributed by atoms with van der Waals surface area (Å²) in [7, 11) is 0. The summed E-state index contributed by atoms with van der Waals surface area (Å²) in [6, 6.07) is 13.6. The number of hydrogen-bond acceptors (Lipinski definition) is 4. The molecule has 1 aromatic carbocycles. The first-order valence-electron chi connectivity index (χ1n) is 6.28. The number of nitrogens with two attached hydrogens (primary N) is 1. The van der Waals surface area contributed by atoms with Gasteiger partial charge in [0.15, 0.2) is 5.65 Å². The van der Waals surface area contributed by atoms with E-state index in [2.05, 4.69) is 15.0 Å². The summed E-state index contributed by atoms with van der Waals surface area (Å²) in [4.78, 5) is 13.1. The fraction of sp³-hybridized carbons (Fsp3) is 0. The van der Waals surface area contributed by atoms with Gasteiger partial charge in [-0.3, -0.25) is 9.55 Å². The average Bonchev–Trinajstić information content (AvgIpc) is 2.82. The molecule has 0 spiro atoms. The van der Waals surface area contributed by atoms with E-state index in [9.17, 15) is 0 Å². The molecule has 0 saturated heterocycles. The monoisotopic (exact) mass is 261 g/mol. The number of anilines is 1. The number of rotatable bonds is 1. The Hall–Kier alpha value is -2.95. The van der Waals surface area contributed by atoms with Crippen LogP contribution < -0.4 is 5.73 Å². The van der Waals surface area contributed by atoms with Crippen LogP contribution in [-0.4, -0.2) is 19.5 Å². The SMILES string of the molecule is Nc1nc2cccnc2n1-c1cccc2ncccc12. The number of aromatic nitrogens is 4. The lowest BCUT2D eigenvalue weighted by atomic mass is 10.2. The van der Waals surface area contributed by atoms with Crippen LogP contribution in [0.1, 0.15) is 0 Å². The highest BCUT2D eigenvalue weighted by molar-refractivity contribution is 5.90. The second kappa shape index (κ2) is 4.03. The van der Waals surface area contributed by atoms with Crippen LogP contribution >= 0.6 is 0 Å². The van der Waals surface area contributed by atoms with E-state index < -0.39 is 0 Å². The zero-order valence-electron chi connectivity index (χ0n) is 10.6. The van der Waals surface area contributed by atoms with E-state index in [-0.39, 0.29) is 0 Å². The van der Waals surface area contributed by atoms with E-state index in [1.807, 2.05) is 47.0 Å². The lowest BCUT2D eigenvalue weighted by Crippen LogP contribution is -2.02. The molecule has 0 saturated carbocycles. The zero-order valence-corrected chi connectivity index (χ0v) is 10.6. The Balaban J connectivity index is 2.14. The number of benzene rings is 1. The van der Waals surface area contributed by atoms with Crippen LogP contribution in [0.15, 0.2) is 54.9 Å². The smallest absolute Gasteiger partial charge is 0.207 e. The Morgan fingerprint density at radius 2 is 1.65 bits per heavy atom. The maximum atomic E-state index is 6.07. The van der Waals surface area contributed by atoms with Gasteiger partial charge in [-0.2, -0.15) is 0 Å². The number of pyridine rings is 2. The first kappa shape index (κ1) is 10.9. The topological polar surface area (TPSA) is 69.6 Å². The third-order valence-corrected chi connectivity index (χ3v) is 3.31. The van der Waals surface area contributed by atoms with E-state index in [1.54, 1.807) is 12.4 Å². The maximum absolute atomic E-state index is 6.07. The van der Waals surface area contributed by atoms with Crippen LogP contribution in [0.2, 0.25) is 0 Å². The molecule has 4 rings (SSSR count). The Bertz CT molecular complexity index is 921. The summed E-state index contributed by atoms with van der Waals surface area (Å²) in [6.07, 6.45) is 3.52. The molecule has 0 bridgehead atoms. The first-order chi connectivity index (χ1) is 9.84. The standard InChI is InChI=1S/C15H11N5/c16-15-19-12-6-3-9-18-14(12)20(15)13-7-1-5-11-10(13)4-2-8-17-11/h1-9H,(H2,16,19). The third kappa shape index (κ3) is 1.46. The fourth-order valence-corrected chi connectivity index (χ4v) is 2.45. The molecule has 0 aliphatic heterocycles. The van der Waals surface area contributed by atoms with E-state index in [4.69, 9.17) is 5.73 Å². The highest BCUT2D eigenvalue weighted by Crippen LogP contribution is 2.26. The minimum Gasteiger partial charge on any atom is -0.369 e. The Kier molecular flexibility index (Phi) is 2.20. The lowest BCUT2D eigenvalue weighted by molar-refractivity contribution is 1.09. The van der Waals surface area contributed by atoms with Crippen LogP contribution in [-0.2, 0) is 0 Å². The largest absolute Gasteiger partial charge is 0.369 e. The van der Waals surface area contributed by atoms with Crippen LogP contribution in [0.4, 0.5) is 5.95 Å². The Morgan fingerprint density at radius 1 is 0.850 bits per heavy atom. The van der Waals surface area contributed by atoms with Crippen molar-refractivity contribution in [1.82, 2.24) is 19.5 Å². The van der Waals surface area contributed by atoms with Gasteiger partial charge >= 0.3 is 0 Å². The molecule has 0 amide bonds. The van der Waals surface area contributed by atoms with Gasteiger partial charge in [-0.1, -0.05) is 6.07 Å². The van der Waals surface area contributed by atoms with Gasteiger partial charge in [-0.25, -0.2) is 9.97 Å².